The minimum atomic E-state index is -3.77. The normalized spacial score (nSPS) is 12.9. The second-order valence-corrected chi connectivity index (χ2v) is 6.03. The Hall–Kier alpha value is -1.43. The zero-order chi connectivity index (χ0) is 15.9. The first-order valence-electron chi connectivity index (χ1n) is 6.62. The number of rotatable bonds is 9. The van der Waals surface area contributed by atoms with Gasteiger partial charge in [0.15, 0.2) is 5.66 Å². The van der Waals surface area contributed by atoms with Crippen LogP contribution < -0.4 is 0 Å². The van der Waals surface area contributed by atoms with Crippen LogP contribution >= 0.6 is 7.60 Å². The summed E-state index contributed by atoms with van der Waals surface area (Å²) in [7, 11) is -3.77. The van der Waals surface area contributed by atoms with Crippen molar-refractivity contribution in [3.63, 3.8) is 0 Å². The molecule has 0 saturated carbocycles. The standard InChI is InChI=1S/C13H19O7P/c1-4-17-13(15)10-7-8-18-12(10)11(9-14)21(16,19-5-2)20-6-3/h7-9,11H,4-6H2,1-3H3. The third-order valence-electron chi connectivity index (χ3n) is 2.55. The van der Waals surface area contributed by atoms with E-state index in [9.17, 15) is 14.2 Å². The van der Waals surface area contributed by atoms with Crippen LogP contribution in [0.3, 0.4) is 0 Å². The van der Waals surface area contributed by atoms with Crippen molar-refractivity contribution in [3.8, 4) is 0 Å². The van der Waals surface area contributed by atoms with Gasteiger partial charge in [0.05, 0.1) is 26.1 Å². The molecule has 0 bridgehead atoms. The van der Waals surface area contributed by atoms with E-state index in [1.54, 1.807) is 20.8 Å². The second-order valence-electron chi connectivity index (χ2n) is 3.88. The number of hydrogen-bond donors (Lipinski definition) is 0. The molecule has 1 rings (SSSR count). The van der Waals surface area contributed by atoms with Gasteiger partial charge >= 0.3 is 13.6 Å². The summed E-state index contributed by atoms with van der Waals surface area (Å²) in [6.07, 6.45) is 1.62. The van der Waals surface area contributed by atoms with Crippen molar-refractivity contribution in [2.75, 3.05) is 19.8 Å². The highest BCUT2D eigenvalue weighted by Crippen LogP contribution is 2.60. The van der Waals surface area contributed by atoms with E-state index >= 15 is 0 Å². The van der Waals surface area contributed by atoms with Crippen molar-refractivity contribution in [1.82, 2.24) is 0 Å². The van der Waals surface area contributed by atoms with E-state index in [4.69, 9.17) is 18.2 Å². The number of esters is 1. The largest absolute Gasteiger partial charge is 0.467 e. The first kappa shape index (κ1) is 17.6. The summed E-state index contributed by atoms with van der Waals surface area (Å²) in [5.41, 5.74) is -1.28. The summed E-state index contributed by atoms with van der Waals surface area (Å²) >= 11 is 0. The Kier molecular flexibility index (Phi) is 6.81. The van der Waals surface area contributed by atoms with Crippen molar-refractivity contribution in [3.05, 3.63) is 23.7 Å². The molecule has 1 atom stereocenters. The summed E-state index contributed by atoms with van der Waals surface area (Å²) < 4.78 is 33.0. The van der Waals surface area contributed by atoms with Crippen LogP contribution in [0.5, 0.6) is 0 Å². The van der Waals surface area contributed by atoms with Crippen LogP contribution in [0.15, 0.2) is 16.7 Å². The van der Waals surface area contributed by atoms with Crippen LogP contribution in [0.25, 0.3) is 0 Å². The summed E-state index contributed by atoms with van der Waals surface area (Å²) in [6, 6.07) is 1.35. The monoisotopic (exact) mass is 318 g/mol. The lowest BCUT2D eigenvalue weighted by atomic mass is 10.2. The van der Waals surface area contributed by atoms with Crippen molar-refractivity contribution in [2.24, 2.45) is 0 Å². The van der Waals surface area contributed by atoms with Crippen molar-refractivity contribution >= 4 is 19.9 Å². The summed E-state index contributed by atoms with van der Waals surface area (Å²) in [4.78, 5) is 23.2. The van der Waals surface area contributed by atoms with Gasteiger partial charge in [0.2, 0.25) is 0 Å². The highest BCUT2D eigenvalue weighted by Gasteiger charge is 2.41. The predicted molar refractivity (Wildman–Crippen MR) is 74.3 cm³/mol. The minimum Gasteiger partial charge on any atom is -0.467 e. The molecule has 1 unspecified atom stereocenters. The Labute approximate surface area is 123 Å². The highest BCUT2D eigenvalue weighted by molar-refractivity contribution is 7.55. The van der Waals surface area contributed by atoms with Gasteiger partial charge in [-0.1, -0.05) is 0 Å². The zero-order valence-corrected chi connectivity index (χ0v) is 13.1. The molecule has 0 radical (unpaired) electrons. The van der Waals surface area contributed by atoms with Gasteiger partial charge in [-0.15, -0.1) is 0 Å². The SMILES string of the molecule is CCOC(=O)c1ccoc1C(C=O)P(=O)(OCC)OCC. The molecule has 0 amide bonds. The quantitative estimate of drug-likeness (QED) is 0.392. The van der Waals surface area contributed by atoms with Gasteiger partial charge in [-0.05, 0) is 26.8 Å². The predicted octanol–water partition coefficient (Wildman–Crippen LogP) is 2.96. The zero-order valence-electron chi connectivity index (χ0n) is 12.2. The van der Waals surface area contributed by atoms with Crippen LogP contribution in [-0.4, -0.2) is 32.1 Å². The molecule has 0 aliphatic rings. The smallest absolute Gasteiger partial charge is 0.348 e. The molecular formula is C13H19O7P. The molecule has 1 aromatic rings. The van der Waals surface area contributed by atoms with Gasteiger partial charge < -0.3 is 23.0 Å². The lowest BCUT2D eigenvalue weighted by molar-refractivity contribution is -0.108. The molecule has 1 heterocycles. The number of carbonyl (C=O) groups excluding carboxylic acids is 2. The lowest BCUT2D eigenvalue weighted by Gasteiger charge is -2.21. The van der Waals surface area contributed by atoms with Crippen LogP contribution in [0.1, 0.15) is 42.5 Å². The molecule has 0 spiro atoms. The van der Waals surface area contributed by atoms with E-state index in [0.717, 1.165) is 0 Å². The van der Waals surface area contributed by atoms with Gasteiger partial charge in [0.1, 0.15) is 17.6 Å². The van der Waals surface area contributed by atoms with Crippen LogP contribution in [0, 0.1) is 0 Å². The van der Waals surface area contributed by atoms with Gasteiger partial charge in [-0.25, -0.2) is 4.79 Å². The fraction of sp³-hybridized carbons (Fsp3) is 0.538. The maximum absolute atomic E-state index is 12.7. The third kappa shape index (κ3) is 4.03. The maximum Gasteiger partial charge on any atom is 0.348 e. The first-order valence-corrected chi connectivity index (χ1v) is 8.23. The van der Waals surface area contributed by atoms with Gasteiger partial charge in [-0.3, -0.25) is 4.57 Å². The Morgan fingerprint density at radius 1 is 1.29 bits per heavy atom. The van der Waals surface area contributed by atoms with Crippen molar-refractivity contribution in [1.29, 1.82) is 0 Å². The number of carbonyl (C=O) groups is 2. The molecule has 0 fully saturated rings. The number of furan rings is 1. The topological polar surface area (TPSA) is 92.0 Å². The molecule has 7 nitrogen and oxygen atoms in total. The Morgan fingerprint density at radius 2 is 1.90 bits per heavy atom. The van der Waals surface area contributed by atoms with Crippen LogP contribution in [0.4, 0.5) is 0 Å². The third-order valence-corrected chi connectivity index (χ3v) is 4.82. The average Bonchev–Trinajstić information content (AvgIpc) is 2.89. The van der Waals surface area contributed by atoms with E-state index in [2.05, 4.69) is 0 Å². The Bertz CT molecular complexity index is 512. The molecule has 118 valence electrons. The van der Waals surface area contributed by atoms with E-state index in [1.165, 1.54) is 12.3 Å². The average molecular weight is 318 g/mol. The molecule has 0 saturated heterocycles. The molecule has 21 heavy (non-hydrogen) atoms. The first-order chi connectivity index (χ1) is 10.0. The van der Waals surface area contributed by atoms with E-state index in [0.29, 0.717) is 6.29 Å². The van der Waals surface area contributed by atoms with E-state index in [-0.39, 0.29) is 31.1 Å². The fourth-order valence-electron chi connectivity index (χ4n) is 1.77. The second kappa shape index (κ2) is 8.12. The molecule has 0 aliphatic carbocycles. The van der Waals surface area contributed by atoms with Crippen molar-refractivity contribution in [2.45, 2.75) is 26.4 Å². The van der Waals surface area contributed by atoms with Crippen LogP contribution in [0.2, 0.25) is 0 Å². The summed E-state index contributed by atoms with van der Waals surface area (Å²) in [5, 5.41) is 0. The van der Waals surface area contributed by atoms with E-state index < -0.39 is 19.2 Å². The molecule has 0 aliphatic heterocycles. The van der Waals surface area contributed by atoms with Crippen molar-refractivity contribution < 1.29 is 32.4 Å². The number of ether oxygens (including phenoxy) is 1. The van der Waals surface area contributed by atoms with E-state index in [1.807, 2.05) is 0 Å². The number of aldehydes is 1. The molecule has 0 aromatic carbocycles. The highest BCUT2D eigenvalue weighted by atomic mass is 31.2. The van der Waals surface area contributed by atoms with Gasteiger partial charge in [0, 0.05) is 0 Å². The van der Waals surface area contributed by atoms with Gasteiger partial charge in [0.25, 0.3) is 0 Å². The lowest BCUT2D eigenvalue weighted by Crippen LogP contribution is -2.12. The fourth-order valence-corrected chi connectivity index (χ4v) is 3.52. The minimum absolute atomic E-state index is 0.0357. The summed E-state index contributed by atoms with van der Waals surface area (Å²) in [5.74, 6) is -0.735. The Morgan fingerprint density at radius 3 is 2.38 bits per heavy atom. The maximum atomic E-state index is 12.7. The number of hydrogen-bond acceptors (Lipinski definition) is 7. The Balaban J connectivity index is 3.21. The molecular weight excluding hydrogens is 299 g/mol. The molecule has 8 heteroatoms. The van der Waals surface area contributed by atoms with Gasteiger partial charge in [-0.2, -0.15) is 0 Å². The molecule has 1 aromatic heterocycles. The summed E-state index contributed by atoms with van der Waals surface area (Å²) in [6.45, 7) is 5.27. The van der Waals surface area contributed by atoms with Crippen LogP contribution in [-0.2, 0) is 23.1 Å². The molecule has 0 N–H and O–H groups in total.